The van der Waals surface area contributed by atoms with E-state index < -0.39 is 0 Å². The minimum Gasteiger partial charge on any atom is -0.348 e. The molecule has 2 aromatic heterocycles. The van der Waals surface area contributed by atoms with E-state index in [-0.39, 0.29) is 23.7 Å². The third-order valence-electron chi connectivity index (χ3n) is 8.09. The lowest BCUT2D eigenvalue weighted by atomic mass is 9.84. The number of ketones is 1. The maximum absolute atomic E-state index is 12.8. The largest absolute Gasteiger partial charge is 0.348 e. The predicted molar refractivity (Wildman–Crippen MR) is 153 cm³/mol. The molecule has 38 heavy (non-hydrogen) atoms. The van der Waals surface area contributed by atoms with Crippen LogP contribution in [0.5, 0.6) is 0 Å². The van der Waals surface area contributed by atoms with E-state index in [0.717, 1.165) is 80.2 Å². The second-order valence-corrected chi connectivity index (χ2v) is 12.0. The summed E-state index contributed by atoms with van der Waals surface area (Å²) < 4.78 is 0. The number of hydrogen-bond donors (Lipinski definition) is 1. The SMILES string of the molecule is CC(C)C(=O)c1ccc2c(c1)CCN(CC[C@H]1CC[C@H](NC(=O)c3csc(-c4cccnc4)n3)CC1)CC2. The Hall–Kier alpha value is -2.90. The predicted octanol–water partition coefficient (Wildman–Crippen LogP) is 5.82. The molecule has 1 saturated carbocycles. The zero-order chi connectivity index (χ0) is 26.5. The summed E-state index contributed by atoms with van der Waals surface area (Å²) >= 11 is 1.48. The molecule has 0 atom stereocenters. The fourth-order valence-electron chi connectivity index (χ4n) is 5.70. The Morgan fingerprint density at radius 1 is 1.08 bits per heavy atom. The number of fused-ring (bicyclic) bond motifs is 1. The van der Waals surface area contributed by atoms with Crippen molar-refractivity contribution in [2.45, 2.75) is 64.8 Å². The van der Waals surface area contributed by atoms with Gasteiger partial charge >= 0.3 is 0 Å². The van der Waals surface area contributed by atoms with Gasteiger partial charge in [-0.2, -0.15) is 0 Å². The van der Waals surface area contributed by atoms with Crippen molar-refractivity contribution < 1.29 is 9.59 Å². The average Bonchev–Trinajstić information content (AvgIpc) is 3.35. The van der Waals surface area contributed by atoms with E-state index in [2.05, 4.69) is 32.3 Å². The lowest BCUT2D eigenvalue weighted by Crippen LogP contribution is -2.38. The molecule has 3 aromatic rings. The van der Waals surface area contributed by atoms with Crippen molar-refractivity contribution in [3.8, 4) is 10.6 Å². The van der Waals surface area contributed by atoms with Crippen LogP contribution in [-0.2, 0) is 12.8 Å². The van der Waals surface area contributed by atoms with E-state index in [0.29, 0.717) is 5.69 Å². The van der Waals surface area contributed by atoms with Crippen LogP contribution in [0.4, 0.5) is 0 Å². The summed E-state index contributed by atoms with van der Waals surface area (Å²) in [6.07, 6.45) is 11.2. The molecule has 0 unspecified atom stereocenters. The molecule has 200 valence electrons. The summed E-state index contributed by atoms with van der Waals surface area (Å²) in [6, 6.07) is 10.4. The third kappa shape index (κ3) is 6.56. The Labute approximate surface area is 229 Å². The van der Waals surface area contributed by atoms with Gasteiger partial charge < -0.3 is 10.2 Å². The van der Waals surface area contributed by atoms with Gasteiger partial charge in [0.1, 0.15) is 10.7 Å². The van der Waals surface area contributed by atoms with Gasteiger partial charge in [-0.25, -0.2) is 4.98 Å². The van der Waals surface area contributed by atoms with E-state index >= 15 is 0 Å². The topological polar surface area (TPSA) is 75.2 Å². The van der Waals surface area contributed by atoms with Crippen LogP contribution in [0.1, 0.15) is 77.9 Å². The van der Waals surface area contributed by atoms with Gasteiger partial charge in [-0.15, -0.1) is 11.3 Å². The molecule has 0 saturated heterocycles. The molecule has 1 aliphatic carbocycles. The molecule has 1 aliphatic heterocycles. The first-order chi connectivity index (χ1) is 18.5. The molecule has 6 nitrogen and oxygen atoms in total. The molecule has 1 aromatic carbocycles. The highest BCUT2D eigenvalue weighted by atomic mass is 32.1. The second-order valence-electron chi connectivity index (χ2n) is 11.1. The van der Waals surface area contributed by atoms with Crippen LogP contribution in [0, 0.1) is 11.8 Å². The number of hydrogen-bond acceptors (Lipinski definition) is 6. The van der Waals surface area contributed by atoms with Crippen LogP contribution in [0.2, 0.25) is 0 Å². The van der Waals surface area contributed by atoms with E-state index in [4.69, 9.17) is 0 Å². The van der Waals surface area contributed by atoms with Crippen molar-refractivity contribution in [3.63, 3.8) is 0 Å². The molecule has 0 bridgehead atoms. The highest BCUT2D eigenvalue weighted by Gasteiger charge is 2.25. The van der Waals surface area contributed by atoms with Gasteiger partial charge in [0.15, 0.2) is 5.78 Å². The van der Waals surface area contributed by atoms with Crippen molar-refractivity contribution in [1.82, 2.24) is 20.2 Å². The van der Waals surface area contributed by atoms with Crippen LogP contribution in [0.3, 0.4) is 0 Å². The summed E-state index contributed by atoms with van der Waals surface area (Å²) in [7, 11) is 0. The van der Waals surface area contributed by atoms with Crippen molar-refractivity contribution in [2.24, 2.45) is 11.8 Å². The fraction of sp³-hybridized carbons (Fsp3) is 0.484. The number of amides is 1. The van der Waals surface area contributed by atoms with Gasteiger partial charge in [0.25, 0.3) is 5.91 Å². The van der Waals surface area contributed by atoms with Crippen LogP contribution >= 0.6 is 11.3 Å². The van der Waals surface area contributed by atoms with Gasteiger partial charge in [-0.3, -0.25) is 14.6 Å². The lowest BCUT2D eigenvalue weighted by molar-refractivity contribution is 0.0913. The minimum atomic E-state index is -0.0674. The van der Waals surface area contributed by atoms with Crippen molar-refractivity contribution in [2.75, 3.05) is 19.6 Å². The minimum absolute atomic E-state index is 0.0382. The fourth-order valence-corrected chi connectivity index (χ4v) is 6.49. The molecule has 1 amide bonds. The Morgan fingerprint density at radius 2 is 1.87 bits per heavy atom. The van der Waals surface area contributed by atoms with Gasteiger partial charge in [0.2, 0.25) is 0 Å². The number of carbonyl (C=O) groups is 2. The van der Waals surface area contributed by atoms with Crippen LogP contribution in [-0.4, -0.2) is 52.2 Å². The lowest BCUT2D eigenvalue weighted by Gasteiger charge is -2.30. The van der Waals surface area contributed by atoms with Crippen molar-refractivity contribution in [1.29, 1.82) is 0 Å². The van der Waals surface area contributed by atoms with E-state index in [1.807, 2.05) is 37.4 Å². The maximum Gasteiger partial charge on any atom is 0.270 e. The normalized spacial score (nSPS) is 20.1. The Balaban J connectivity index is 1.05. The summed E-state index contributed by atoms with van der Waals surface area (Å²) in [6.45, 7) is 7.22. The van der Waals surface area contributed by atoms with E-state index in [1.54, 1.807) is 12.4 Å². The summed E-state index contributed by atoms with van der Waals surface area (Å²) in [5.41, 5.74) is 5.05. The van der Waals surface area contributed by atoms with Gasteiger partial charge in [0.05, 0.1) is 0 Å². The third-order valence-corrected chi connectivity index (χ3v) is 8.98. The quantitative estimate of drug-likeness (QED) is 0.371. The zero-order valence-corrected chi connectivity index (χ0v) is 23.3. The van der Waals surface area contributed by atoms with E-state index in [9.17, 15) is 9.59 Å². The maximum atomic E-state index is 12.8. The molecule has 0 radical (unpaired) electrons. The van der Waals surface area contributed by atoms with Crippen molar-refractivity contribution >= 4 is 23.0 Å². The van der Waals surface area contributed by atoms with Gasteiger partial charge in [-0.1, -0.05) is 26.0 Å². The molecule has 1 fully saturated rings. The summed E-state index contributed by atoms with van der Waals surface area (Å²) in [4.78, 5) is 36.5. The van der Waals surface area contributed by atoms with Crippen molar-refractivity contribution in [3.05, 3.63) is 70.5 Å². The highest BCUT2D eigenvalue weighted by molar-refractivity contribution is 7.13. The van der Waals surface area contributed by atoms with Gasteiger partial charge in [-0.05, 0) is 86.7 Å². The van der Waals surface area contributed by atoms with Crippen LogP contribution < -0.4 is 5.32 Å². The Kier molecular flexibility index (Phi) is 8.65. The molecule has 1 N–H and O–H groups in total. The number of aromatic nitrogens is 2. The number of thiazole rings is 1. The molecule has 3 heterocycles. The van der Waals surface area contributed by atoms with Crippen LogP contribution in [0.25, 0.3) is 10.6 Å². The van der Waals surface area contributed by atoms with E-state index in [1.165, 1.54) is 28.9 Å². The number of pyridine rings is 1. The molecular weight excluding hydrogens is 492 g/mol. The molecule has 7 heteroatoms. The number of benzene rings is 1. The second kappa shape index (κ2) is 12.3. The number of rotatable bonds is 8. The Morgan fingerprint density at radius 3 is 2.61 bits per heavy atom. The highest BCUT2D eigenvalue weighted by Crippen LogP contribution is 2.29. The monoisotopic (exact) mass is 530 g/mol. The van der Waals surface area contributed by atoms with Crippen LogP contribution in [0.15, 0.2) is 48.1 Å². The summed E-state index contributed by atoms with van der Waals surface area (Å²) in [5.74, 6) is 0.931. The molecule has 2 aliphatic rings. The average molecular weight is 531 g/mol. The standard InChI is InChI=1S/C31H38N4O2S/c1-21(2)29(36)25-8-7-23-12-16-35(17-13-24(23)18-25)15-11-22-5-9-27(10-6-22)33-30(37)28-20-38-31(34-28)26-4-3-14-32-19-26/h3-4,7-8,14,18-22,27H,5-6,9-13,15-17H2,1-2H3,(H,33,37)/t22-,27-. The number of nitrogens with zero attached hydrogens (tertiary/aromatic N) is 3. The Bertz CT molecular complexity index is 1250. The first-order valence-corrected chi connectivity index (χ1v) is 14.9. The molecule has 5 rings (SSSR count). The number of nitrogens with one attached hydrogen (secondary N) is 1. The molecule has 0 spiro atoms. The van der Waals surface area contributed by atoms with Gasteiger partial charge in [0, 0.05) is 53.9 Å². The zero-order valence-electron chi connectivity index (χ0n) is 22.5. The number of carbonyl (C=O) groups excluding carboxylic acids is 2. The number of Topliss-reactive ketones (excluding diaryl/α,β-unsaturated/α-hetero) is 1. The smallest absolute Gasteiger partial charge is 0.270 e. The first-order valence-electron chi connectivity index (χ1n) is 14.0. The first kappa shape index (κ1) is 26.7. The molecular formula is C31H38N4O2S. The summed E-state index contributed by atoms with van der Waals surface area (Å²) in [5, 5.41) is 5.88.